The smallest absolute Gasteiger partial charge is 0.307 e. The van der Waals surface area contributed by atoms with Crippen molar-refractivity contribution in [2.45, 2.75) is 6.42 Å². The van der Waals surface area contributed by atoms with E-state index >= 15 is 0 Å². The zero-order valence-corrected chi connectivity index (χ0v) is 12.8. The summed E-state index contributed by atoms with van der Waals surface area (Å²) in [6.45, 7) is 0. The van der Waals surface area contributed by atoms with Gasteiger partial charge in [-0.25, -0.2) is 0 Å². The van der Waals surface area contributed by atoms with Crippen LogP contribution >= 0.6 is 22.6 Å². The number of allylic oxidation sites excluding steroid dienone is 2. The first-order chi connectivity index (χ1) is 9.56. The maximum absolute atomic E-state index is 12.4. The van der Waals surface area contributed by atoms with Gasteiger partial charge in [0.05, 0.1) is 11.8 Å². The number of rotatable bonds is 3. The van der Waals surface area contributed by atoms with Crippen molar-refractivity contribution in [2.24, 2.45) is 23.7 Å². The highest BCUT2D eigenvalue weighted by atomic mass is 127. The summed E-state index contributed by atoms with van der Waals surface area (Å²) in [6, 6.07) is 7.50. The van der Waals surface area contributed by atoms with Crippen LogP contribution in [0.1, 0.15) is 6.42 Å². The van der Waals surface area contributed by atoms with Crippen molar-refractivity contribution in [1.29, 1.82) is 0 Å². The SMILES string of the molecule is O=C(O)[C@@H]1C2C=CC(C2)[C@@H]1C(=O)Nc1cccc(I)c1. The molecule has 0 aromatic heterocycles. The molecule has 3 rings (SSSR count). The summed E-state index contributed by atoms with van der Waals surface area (Å²) < 4.78 is 1.03. The predicted molar refractivity (Wildman–Crippen MR) is 83.1 cm³/mol. The summed E-state index contributed by atoms with van der Waals surface area (Å²) in [4.78, 5) is 23.8. The topological polar surface area (TPSA) is 66.4 Å². The van der Waals surface area contributed by atoms with Crippen molar-refractivity contribution in [2.75, 3.05) is 5.32 Å². The quantitative estimate of drug-likeness (QED) is 0.623. The van der Waals surface area contributed by atoms with Crippen molar-refractivity contribution in [3.05, 3.63) is 40.0 Å². The van der Waals surface area contributed by atoms with Crippen molar-refractivity contribution in [1.82, 2.24) is 0 Å². The zero-order chi connectivity index (χ0) is 14.3. The molecular weight excluding hydrogens is 369 g/mol. The average Bonchev–Trinajstić information content (AvgIpc) is 2.98. The highest BCUT2D eigenvalue weighted by Gasteiger charge is 2.51. The van der Waals surface area contributed by atoms with E-state index < -0.39 is 17.8 Å². The van der Waals surface area contributed by atoms with Gasteiger partial charge < -0.3 is 10.4 Å². The van der Waals surface area contributed by atoms with E-state index in [2.05, 4.69) is 27.9 Å². The van der Waals surface area contributed by atoms with Crippen molar-refractivity contribution >= 4 is 40.2 Å². The molecule has 1 saturated carbocycles. The molecule has 2 aliphatic carbocycles. The molecule has 20 heavy (non-hydrogen) atoms. The molecule has 1 fully saturated rings. The third kappa shape index (κ3) is 2.34. The van der Waals surface area contributed by atoms with Crippen LogP contribution < -0.4 is 5.32 Å². The standard InChI is InChI=1S/C15H14INO3/c16-10-2-1-3-11(7-10)17-14(18)12-8-4-5-9(6-8)13(12)15(19)20/h1-5,7-9,12-13H,6H2,(H,17,18)(H,19,20)/t8?,9?,12-,13+/m0/s1. The maximum atomic E-state index is 12.4. The van der Waals surface area contributed by atoms with Gasteiger partial charge in [0.1, 0.15) is 0 Å². The minimum atomic E-state index is -0.871. The zero-order valence-electron chi connectivity index (χ0n) is 10.6. The second-order valence-corrected chi connectivity index (χ2v) is 6.58. The molecule has 2 N–H and O–H groups in total. The Morgan fingerprint density at radius 3 is 2.55 bits per heavy atom. The molecule has 0 heterocycles. The average molecular weight is 383 g/mol. The highest BCUT2D eigenvalue weighted by molar-refractivity contribution is 14.1. The first-order valence-corrected chi connectivity index (χ1v) is 7.61. The number of carbonyl (C=O) groups excluding carboxylic acids is 1. The van der Waals surface area contributed by atoms with Gasteiger partial charge in [0, 0.05) is 9.26 Å². The number of carbonyl (C=O) groups is 2. The van der Waals surface area contributed by atoms with Gasteiger partial charge in [-0.2, -0.15) is 0 Å². The molecule has 0 radical (unpaired) electrons. The summed E-state index contributed by atoms with van der Waals surface area (Å²) in [5, 5.41) is 12.2. The van der Waals surface area contributed by atoms with Gasteiger partial charge >= 0.3 is 5.97 Å². The normalized spacial score (nSPS) is 30.4. The Labute approximate surface area is 130 Å². The molecule has 1 aromatic carbocycles. The molecule has 1 amide bonds. The molecule has 0 saturated heterocycles. The number of halogens is 1. The van der Waals surface area contributed by atoms with E-state index in [0.29, 0.717) is 0 Å². The Morgan fingerprint density at radius 1 is 1.20 bits per heavy atom. The van der Waals surface area contributed by atoms with E-state index in [1.807, 2.05) is 36.4 Å². The van der Waals surface area contributed by atoms with Gasteiger partial charge in [0.25, 0.3) is 0 Å². The number of anilines is 1. The lowest BCUT2D eigenvalue weighted by molar-refractivity contribution is -0.146. The molecule has 2 bridgehead atoms. The molecule has 104 valence electrons. The summed E-state index contributed by atoms with van der Waals surface area (Å²) in [5.74, 6) is -2.04. The lowest BCUT2D eigenvalue weighted by atomic mass is 9.82. The van der Waals surface area contributed by atoms with Gasteiger partial charge in [0.2, 0.25) is 5.91 Å². The number of carboxylic acid groups (broad SMARTS) is 1. The first-order valence-electron chi connectivity index (χ1n) is 6.54. The molecule has 4 nitrogen and oxygen atoms in total. The third-order valence-electron chi connectivity index (χ3n) is 4.14. The van der Waals surface area contributed by atoms with Crippen LogP contribution in [0.5, 0.6) is 0 Å². The lowest BCUT2D eigenvalue weighted by Crippen LogP contribution is -2.36. The summed E-state index contributed by atoms with van der Waals surface area (Å²) >= 11 is 2.18. The van der Waals surface area contributed by atoms with Crippen LogP contribution in [-0.4, -0.2) is 17.0 Å². The predicted octanol–water partition coefficient (Wildman–Crippen LogP) is 2.75. The van der Waals surface area contributed by atoms with Crippen molar-refractivity contribution < 1.29 is 14.7 Å². The third-order valence-corrected chi connectivity index (χ3v) is 4.81. The lowest BCUT2D eigenvalue weighted by Gasteiger charge is -2.23. The van der Waals surface area contributed by atoms with E-state index in [9.17, 15) is 14.7 Å². The highest BCUT2D eigenvalue weighted by Crippen LogP contribution is 2.48. The summed E-state index contributed by atoms with van der Waals surface area (Å²) in [5.41, 5.74) is 0.720. The van der Waals surface area contributed by atoms with Gasteiger partial charge in [0.15, 0.2) is 0 Å². The number of fused-ring (bicyclic) bond motifs is 2. The van der Waals surface area contributed by atoms with E-state index in [0.717, 1.165) is 15.7 Å². The van der Waals surface area contributed by atoms with Crippen LogP contribution in [0.4, 0.5) is 5.69 Å². The summed E-state index contributed by atoms with van der Waals surface area (Å²) in [7, 11) is 0. The Morgan fingerprint density at radius 2 is 1.90 bits per heavy atom. The van der Waals surface area contributed by atoms with Gasteiger partial charge in [-0.05, 0) is 59.0 Å². The fourth-order valence-corrected chi connectivity index (χ4v) is 3.85. The van der Waals surface area contributed by atoms with Crippen LogP contribution in [0.2, 0.25) is 0 Å². The van der Waals surface area contributed by atoms with Crippen LogP contribution in [-0.2, 0) is 9.59 Å². The van der Waals surface area contributed by atoms with Gasteiger partial charge in [-0.15, -0.1) is 0 Å². The van der Waals surface area contributed by atoms with Gasteiger partial charge in [-0.1, -0.05) is 18.2 Å². The maximum Gasteiger partial charge on any atom is 0.307 e. The van der Waals surface area contributed by atoms with E-state index in [4.69, 9.17) is 0 Å². The van der Waals surface area contributed by atoms with Gasteiger partial charge in [-0.3, -0.25) is 9.59 Å². The Bertz CT molecular complexity index is 599. The molecule has 2 aliphatic rings. The monoisotopic (exact) mass is 383 g/mol. The van der Waals surface area contributed by atoms with Crippen LogP contribution in [0.25, 0.3) is 0 Å². The number of nitrogens with one attached hydrogen (secondary N) is 1. The number of benzene rings is 1. The first kappa shape index (κ1) is 13.6. The number of hydrogen-bond acceptors (Lipinski definition) is 2. The fourth-order valence-electron chi connectivity index (χ4n) is 3.31. The largest absolute Gasteiger partial charge is 0.481 e. The Balaban J connectivity index is 1.80. The summed E-state index contributed by atoms with van der Waals surface area (Å²) in [6.07, 6.45) is 4.71. The minimum Gasteiger partial charge on any atom is -0.481 e. The number of aliphatic carboxylic acids is 1. The fraction of sp³-hybridized carbons (Fsp3) is 0.333. The van der Waals surface area contributed by atoms with E-state index in [1.165, 1.54) is 0 Å². The minimum absolute atomic E-state index is 0.00385. The number of hydrogen-bond donors (Lipinski definition) is 2. The molecule has 0 aliphatic heterocycles. The Kier molecular flexibility index (Phi) is 3.54. The van der Waals surface area contributed by atoms with Crippen LogP contribution in [0.3, 0.4) is 0 Å². The second kappa shape index (κ2) is 5.20. The van der Waals surface area contributed by atoms with Crippen LogP contribution in [0, 0.1) is 27.2 Å². The molecule has 2 unspecified atom stereocenters. The molecule has 0 spiro atoms. The molecule has 1 aromatic rings. The van der Waals surface area contributed by atoms with E-state index in [-0.39, 0.29) is 17.7 Å². The molecular formula is C15H14INO3. The molecule has 4 atom stereocenters. The van der Waals surface area contributed by atoms with Crippen LogP contribution in [0.15, 0.2) is 36.4 Å². The Hall–Kier alpha value is -1.37. The molecule has 5 heteroatoms. The second-order valence-electron chi connectivity index (χ2n) is 5.34. The van der Waals surface area contributed by atoms with Crippen molar-refractivity contribution in [3.63, 3.8) is 0 Å². The van der Waals surface area contributed by atoms with Crippen molar-refractivity contribution in [3.8, 4) is 0 Å². The van der Waals surface area contributed by atoms with E-state index in [1.54, 1.807) is 0 Å². The number of amides is 1. The number of carboxylic acids is 1.